The summed E-state index contributed by atoms with van der Waals surface area (Å²) in [4.78, 5) is 11.8. The van der Waals surface area contributed by atoms with Crippen LogP contribution >= 0.6 is 0 Å². The van der Waals surface area contributed by atoms with Crippen molar-refractivity contribution in [2.24, 2.45) is 11.8 Å². The van der Waals surface area contributed by atoms with Crippen molar-refractivity contribution in [1.82, 2.24) is 10.6 Å². The molecule has 2 N–H and O–H groups in total. The first-order chi connectivity index (χ1) is 7.77. The van der Waals surface area contributed by atoms with Crippen LogP contribution < -0.4 is 10.6 Å². The van der Waals surface area contributed by atoms with Crippen molar-refractivity contribution in [2.75, 3.05) is 26.3 Å². The van der Waals surface area contributed by atoms with Crippen molar-refractivity contribution in [3.8, 4) is 0 Å². The lowest BCUT2D eigenvalue weighted by Gasteiger charge is -2.24. The van der Waals surface area contributed by atoms with Gasteiger partial charge in [0, 0.05) is 13.1 Å². The predicted octanol–water partition coefficient (Wildman–Crippen LogP) is 0.527. The van der Waals surface area contributed by atoms with Gasteiger partial charge < -0.3 is 15.4 Å². The Morgan fingerprint density at radius 3 is 3.00 bits per heavy atom. The van der Waals surface area contributed by atoms with Gasteiger partial charge in [-0.25, -0.2) is 0 Å². The summed E-state index contributed by atoms with van der Waals surface area (Å²) < 4.78 is 5.27. The molecule has 2 fully saturated rings. The van der Waals surface area contributed by atoms with Crippen molar-refractivity contribution in [1.29, 1.82) is 0 Å². The maximum absolute atomic E-state index is 11.8. The smallest absolute Gasteiger partial charge is 0.239 e. The second-order valence-electron chi connectivity index (χ2n) is 5.00. The van der Waals surface area contributed by atoms with E-state index in [9.17, 15) is 4.79 Å². The van der Waals surface area contributed by atoms with Gasteiger partial charge in [-0.15, -0.1) is 0 Å². The van der Waals surface area contributed by atoms with Gasteiger partial charge in [-0.1, -0.05) is 19.8 Å². The van der Waals surface area contributed by atoms with E-state index in [-0.39, 0.29) is 11.9 Å². The highest BCUT2D eigenvalue weighted by molar-refractivity contribution is 5.81. The van der Waals surface area contributed by atoms with Gasteiger partial charge in [-0.3, -0.25) is 4.79 Å². The number of nitrogens with one attached hydrogen (secondary N) is 2. The highest BCUT2D eigenvalue weighted by Gasteiger charge is 2.26. The van der Waals surface area contributed by atoms with Gasteiger partial charge in [0.1, 0.15) is 6.04 Å². The van der Waals surface area contributed by atoms with Crippen LogP contribution in [0.3, 0.4) is 0 Å². The third-order valence-corrected chi connectivity index (χ3v) is 3.82. The number of amides is 1. The van der Waals surface area contributed by atoms with E-state index in [0.717, 1.165) is 19.0 Å². The van der Waals surface area contributed by atoms with Crippen molar-refractivity contribution in [2.45, 2.75) is 32.2 Å². The molecule has 2 rings (SSSR count). The van der Waals surface area contributed by atoms with Crippen LogP contribution in [0.4, 0.5) is 0 Å². The van der Waals surface area contributed by atoms with E-state index in [1.807, 2.05) is 0 Å². The highest BCUT2D eigenvalue weighted by Crippen LogP contribution is 2.30. The van der Waals surface area contributed by atoms with Crippen molar-refractivity contribution < 1.29 is 9.53 Å². The molecular weight excluding hydrogens is 204 g/mol. The first-order valence-electron chi connectivity index (χ1n) is 6.36. The maximum atomic E-state index is 11.8. The molecule has 1 heterocycles. The Morgan fingerprint density at radius 2 is 2.38 bits per heavy atom. The molecule has 0 radical (unpaired) electrons. The number of hydrogen-bond acceptors (Lipinski definition) is 3. The lowest BCUT2D eigenvalue weighted by Crippen LogP contribution is -2.52. The number of carbonyl (C=O) groups is 1. The molecule has 0 aromatic carbocycles. The topological polar surface area (TPSA) is 50.4 Å². The monoisotopic (exact) mass is 226 g/mol. The molecule has 3 atom stereocenters. The number of carbonyl (C=O) groups excluding carboxylic acids is 1. The number of rotatable bonds is 3. The molecule has 1 saturated carbocycles. The van der Waals surface area contributed by atoms with Gasteiger partial charge in [0.05, 0.1) is 13.2 Å². The predicted molar refractivity (Wildman–Crippen MR) is 62.1 cm³/mol. The summed E-state index contributed by atoms with van der Waals surface area (Å²) in [5, 5.41) is 6.21. The molecule has 1 saturated heterocycles. The summed E-state index contributed by atoms with van der Waals surface area (Å²) in [5.74, 6) is 1.53. The van der Waals surface area contributed by atoms with Gasteiger partial charge in [0.15, 0.2) is 0 Å². The first kappa shape index (κ1) is 11.9. The van der Waals surface area contributed by atoms with Crippen LogP contribution in [0.5, 0.6) is 0 Å². The fraction of sp³-hybridized carbons (Fsp3) is 0.917. The molecular formula is C12H22N2O2. The molecule has 0 aromatic heterocycles. The summed E-state index contributed by atoms with van der Waals surface area (Å²) in [6, 6.07) is -0.148. The minimum Gasteiger partial charge on any atom is -0.378 e. The zero-order chi connectivity index (χ0) is 11.4. The van der Waals surface area contributed by atoms with E-state index < -0.39 is 0 Å². The average Bonchev–Trinajstić information content (AvgIpc) is 2.73. The van der Waals surface area contributed by atoms with E-state index in [4.69, 9.17) is 4.74 Å². The summed E-state index contributed by atoms with van der Waals surface area (Å²) in [6.07, 6.45) is 3.88. The molecule has 2 aliphatic rings. The van der Waals surface area contributed by atoms with E-state index in [2.05, 4.69) is 17.6 Å². The number of morpholine rings is 1. The molecule has 1 aliphatic heterocycles. The SMILES string of the molecule is CC1CCCC1CNC(=O)C1COCCN1. The molecule has 4 nitrogen and oxygen atoms in total. The second kappa shape index (κ2) is 5.64. The minimum atomic E-state index is -0.148. The summed E-state index contributed by atoms with van der Waals surface area (Å²) in [6.45, 7) is 5.11. The van der Waals surface area contributed by atoms with Crippen LogP contribution in [-0.4, -0.2) is 38.3 Å². The van der Waals surface area contributed by atoms with Gasteiger partial charge in [0.25, 0.3) is 0 Å². The summed E-state index contributed by atoms with van der Waals surface area (Å²) >= 11 is 0. The third kappa shape index (κ3) is 2.95. The van der Waals surface area contributed by atoms with Crippen LogP contribution in [0.2, 0.25) is 0 Å². The molecule has 16 heavy (non-hydrogen) atoms. The lowest BCUT2D eigenvalue weighted by atomic mass is 9.98. The first-order valence-corrected chi connectivity index (χ1v) is 6.36. The zero-order valence-corrected chi connectivity index (χ0v) is 10.00. The van der Waals surface area contributed by atoms with E-state index in [0.29, 0.717) is 19.1 Å². The minimum absolute atomic E-state index is 0.0961. The number of ether oxygens (including phenoxy) is 1. The van der Waals surface area contributed by atoms with E-state index in [1.165, 1.54) is 19.3 Å². The Balaban J connectivity index is 1.70. The molecule has 0 aromatic rings. The quantitative estimate of drug-likeness (QED) is 0.738. The molecule has 92 valence electrons. The molecule has 1 amide bonds. The Morgan fingerprint density at radius 1 is 1.50 bits per heavy atom. The normalized spacial score (nSPS) is 34.9. The largest absolute Gasteiger partial charge is 0.378 e. The van der Waals surface area contributed by atoms with Gasteiger partial charge in [0.2, 0.25) is 5.91 Å². The second-order valence-corrected chi connectivity index (χ2v) is 5.00. The molecule has 0 spiro atoms. The average molecular weight is 226 g/mol. The van der Waals surface area contributed by atoms with Crippen LogP contribution in [0.15, 0.2) is 0 Å². The standard InChI is InChI=1S/C12H22N2O2/c1-9-3-2-4-10(9)7-14-12(15)11-8-16-6-5-13-11/h9-11,13H,2-8H2,1H3,(H,14,15). The molecule has 3 unspecified atom stereocenters. The van der Waals surface area contributed by atoms with Crippen LogP contribution in [0.1, 0.15) is 26.2 Å². The third-order valence-electron chi connectivity index (χ3n) is 3.82. The lowest BCUT2D eigenvalue weighted by molar-refractivity contribution is -0.126. The Labute approximate surface area is 97.1 Å². The zero-order valence-electron chi connectivity index (χ0n) is 10.00. The Kier molecular flexibility index (Phi) is 4.18. The molecule has 4 heteroatoms. The van der Waals surface area contributed by atoms with Crippen LogP contribution in [0.25, 0.3) is 0 Å². The van der Waals surface area contributed by atoms with E-state index in [1.54, 1.807) is 0 Å². The van der Waals surface area contributed by atoms with Crippen molar-refractivity contribution >= 4 is 5.91 Å². The summed E-state index contributed by atoms with van der Waals surface area (Å²) in [7, 11) is 0. The van der Waals surface area contributed by atoms with Gasteiger partial charge in [-0.05, 0) is 18.3 Å². The molecule has 1 aliphatic carbocycles. The maximum Gasteiger partial charge on any atom is 0.239 e. The molecule has 0 bridgehead atoms. The van der Waals surface area contributed by atoms with Crippen molar-refractivity contribution in [3.63, 3.8) is 0 Å². The van der Waals surface area contributed by atoms with Gasteiger partial charge in [-0.2, -0.15) is 0 Å². The van der Waals surface area contributed by atoms with Crippen molar-refractivity contribution in [3.05, 3.63) is 0 Å². The highest BCUT2D eigenvalue weighted by atomic mass is 16.5. The Hall–Kier alpha value is -0.610. The Bertz CT molecular complexity index is 239. The van der Waals surface area contributed by atoms with E-state index >= 15 is 0 Å². The summed E-state index contributed by atoms with van der Waals surface area (Å²) in [5.41, 5.74) is 0. The van der Waals surface area contributed by atoms with Crippen LogP contribution in [-0.2, 0) is 9.53 Å². The number of hydrogen-bond donors (Lipinski definition) is 2. The fourth-order valence-electron chi connectivity index (χ4n) is 2.61. The van der Waals surface area contributed by atoms with Gasteiger partial charge >= 0.3 is 0 Å². The van der Waals surface area contributed by atoms with Crippen LogP contribution in [0, 0.1) is 11.8 Å². The fourth-order valence-corrected chi connectivity index (χ4v) is 2.61.